The molecule has 0 unspecified atom stereocenters. The molecule has 0 spiro atoms. The number of carbonyl (C=O) groups is 2. The van der Waals surface area contributed by atoms with Crippen LogP contribution < -0.4 is 5.32 Å². The van der Waals surface area contributed by atoms with Crippen molar-refractivity contribution in [2.45, 2.75) is 27.3 Å². The number of para-hydroxylation sites is 1. The molecule has 0 aliphatic carbocycles. The number of hydrogen-bond donors (Lipinski definition) is 1. The Labute approximate surface area is 171 Å². The number of hydrogen-bond acceptors (Lipinski definition) is 2. The number of aryl methyl sites for hydroxylation is 1. The first-order valence-electron chi connectivity index (χ1n) is 10.0. The predicted octanol–water partition coefficient (Wildman–Crippen LogP) is 4.30. The van der Waals surface area contributed by atoms with Gasteiger partial charge in [0.1, 0.15) is 5.70 Å². The van der Waals surface area contributed by atoms with Gasteiger partial charge in [-0.1, -0.05) is 36.4 Å². The van der Waals surface area contributed by atoms with Crippen molar-refractivity contribution >= 4 is 28.8 Å². The van der Waals surface area contributed by atoms with Crippen LogP contribution >= 0.6 is 0 Å². The Balaban J connectivity index is 2.05. The normalized spacial score (nSPS) is 11.5. The van der Waals surface area contributed by atoms with Crippen LogP contribution in [0.15, 0.2) is 66.5 Å². The fourth-order valence-electron chi connectivity index (χ4n) is 3.42. The molecule has 1 aromatic heterocycles. The summed E-state index contributed by atoms with van der Waals surface area (Å²) < 4.78 is 2.14. The van der Waals surface area contributed by atoms with Crippen LogP contribution in [0.25, 0.3) is 17.0 Å². The predicted molar refractivity (Wildman–Crippen MR) is 117 cm³/mol. The van der Waals surface area contributed by atoms with Crippen LogP contribution in [0.1, 0.15) is 36.7 Å². The van der Waals surface area contributed by atoms with Gasteiger partial charge >= 0.3 is 0 Å². The van der Waals surface area contributed by atoms with E-state index in [1.54, 1.807) is 35.2 Å². The van der Waals surface area contributed by atoms with E-state index in [0.29, 0.717) is 18.7 Å². The van der Waals surface area contributed by atoms with E-state index in [4.69, 9.17) is 0 Å². The molecule has 0 atom stereocenters. The SMILES string of the molecule is CCN(CC)C(=O)/C(=C/c1cn(CC)c2ccccc12)NC(=O)c1ccccc1. The molecule has 0 saturated heterocycles. The second-order valence-corrected chi connectivity index (χ2v) is 6.74. The topological polar surface area (TPSA) is 54.3 Å². The quantitative estimate of drug-likeness (QED) is 0.613. The first kappa shape index (κ1) is 20.4. The van der Waals surface area contributed by atoms with Crippen LogP contribution in [-0.2, 0) is 11.3 Å². The molecule has 0 aliphatic rings. The lowest BCUT2D eigenvalue weighted by Crippen LogP contribution is -2.38. The summed E-state index contributed by atoms with van der Waals surface area (Å²) in [4.78, 5) is 27.6. The van der Waals surface area contributed by atoms with Crippen LogP contribution in [0.4, 0.5) is 0 Å². The first-order valence-corrected chi connectivity index (χ1v) is 10.0. The van der Waals surface area contributed by atoms with Gasteiger partial charge < -0.3 is 14.8 Å². The van der Waals surface area contributed by atoms with Crippen molar-refractivity contribution in [2.75, 3.05) is 13.1 Å². The number of fused-ring (bicyclic) bond motifs is 1. The van der Waals surface area contributed by atoms with E-state index < -0.39 is 0 Å². The fraction of sp³-hybridized carbons (Fsp3) is 0.250. The summed E-state index contributed by atoms with van der Waals surface area (Å²) in [5, 5.41) is 3.89. The number of carbonyl (C=O) groups excluding carboxylic acids is 2. The summed E-state index contributed by atoms with van der Waals surface area (Å²) in [7, 11) is 0. The second kappa shape index (κ2) is 9.24. The molecule has 3 rings (SSSR count). The van der Waals surface area contributed by atoms with E-state index in [1.807, 2.05) is 44.3 Å². The van der Waals surface area contributed by atoms with Gasteiger partial charge in [-0.25, -0.2) is 0 Å². The van der Waals surface area contributed by atoms with Gasteiger partial charge in [-0.15, -0.1) is 0 Å². The molecule has 1 heterocycles. The minimum atomic E-state index is -0.295. The van der Waals surface area contributed by atoms with Crippen molar-refractivity contribution in [3.05, 3.63) is 77.6 Å². The fourth-order valence-corrected chi connectivity index (χ4v) is 3.42. The zero-order valence-electron chi connectivity index (χ0n) is 17.2. The number of benzene rings is 2. The van der Waals surface area contributed by atoms with E-state index in [0.717, 1.165) is 23.0 Å². The van der Waals surface area contributed by atoms with Crippen LogP contribution in [0.3, 0.4) is 0 Å². The number of aromatic nitrogens is 1. The third-order valence-corrected chi connectivity index (χ3v) is 5.03. The summed E-state index contributed by atoms with van der Waals surface area (Å²) in [6, 6.07) is 17.0. The molecule has 5 heteroatoms. The van der Waals surface area contributed by atoms with E-state index in [1.165, 1.54) is 0 Å². The van der Waals surface area contributed by atoms with Crippen molar-refractivity contribution in [2.24, 2.45) is 0 Å². The molecule has 0 bridgehead atoms. The zero-order chi connectivity index (χ0) is 20.8. The smallest absolute Gasteiger partial charge is 0.270 e. The lowest BCUT2D eigenvalue weighted by atomic mass is 10.1. The maximum atomic E-state index is 13.1. The number of rotatable bonds is 7. The molecule has 1 N–H and O–H groups in total. The highest BCUT2D eigenvalue weighted by Crippen LogP contribution is 2.23. The van der Waals surface area contributed by atoms with Crippen LogP contribution in [0, 0.1) is 0 Å². The lowest BCUT2D eigenvalue weighted by molar-refractivity contribution is -0.127. The maximum absolute atomic E-state index is 13.1. The Morgan fingerprint density at radius 1 is 0.966 bits per heavy atom. The van der Waals surface area contributed by atoms with E-state index in [-0.39, 0.29) is 17.5 Å². The second-order valence-electron chi connectivity index (χ2n) is 6.74. The third-order valence-electron chi connectivity index (χ3n) is 5.03. The van der Waals surface area contributed by atoms with Gasteiger partial charge in [-0.2, -0.15) is 0 Å². The molecule has 150 valence electrons. The van der Waals surface area contributed by atoms with Crippen molar-refractivity contribution in [1.82, 2.24) is 14.8 Å². The van der Waals surface area contributed by atoms with Crippen molar-refractivity contribution in [3.63, 3.8) is 0 Å². The first-order chi connectivity index (χ1) is 14.1. The maximum Gasteiger partial charge on any atom is 0.270 e. The van der Waals surface area contributed by atoms with Gasteiger partial charge in [0.15, 0.2) is 0 Å². The minimum absolute atomic E-state index is 0.187. The standard InChI is InChI=1S/C24H27N3O2/c1-4-26(5-2)24(29)21(25-23(28)18-12-8-7-9-13-18)16-19-17-27(6-3)22-15-11-10-14-20(19)22/h7-17H,4-6H2,1-3H3,(H,25,28)/b21-16-. The van der Waals surface area contributed by atoms with E-state index in [9.17, 15) is 9.59 Å². The van der Waals surface area contributed by atoms with Gasteiger partial charge in [0.05, 0.1) is 0 Å². The lowest BCUT2D eigenvalue weighted by Gasteiger charge is -2.21. The summed E-state index contributed by atoms with van der Waals surface area (Å²) >= 11 is 0. The molecule has 0 aliphatic heterocycles. The number of nitrogens with one attached hydrogen (secondary N) is 1. The Morgan fingerprint density at radius 3 is 2.28 bits per heavy atom. The summed E-state index contributed by atoms with van der Waals surface area (Å²) in [6.07, 6.45) is 3.81. The van der Waals surface area contributed by atoms with Gasteiger partial charge in [-0.05, 0) is 45.0 Å². The highest BCUT2D eigenvalue weighted by atomic mass is 16.2. The Morgan fingerprint density at radius 2 is 1.62 bits per heavy atom. The largest absolute Gasteiger partial charge is 0.347 e. The van der Waals surface area contributed by atoms with Crippen LogP contribution in [0.5, 0.6) is 0 Å². The number of likely N-dealkylation sites (N-methyl/N-ethyl adjacent to an activating group) is 1. The Hall–Kier alpha value is -3.34. The van der Waals surface area contributed by atoms with Gasteiger partial charge in [0.2, 0.25) is 0 Å². The average molecular weight is 389 g/mol. The van der Waals surface area contributed by atoms with Crippen molar-refractivity contribution < 1.29 is 9.59 Å². The van der Waals surface area contributed by atoms with Crippen LogP contribution in [-0.4, -0.2) is 34.4 Å². The minimum Gasteiger partial charge on any atom is -0.347 e. The molecule has 2 amide bonds. The zero-order valence-corrected chi connectivity index (χ0v) is 17.2. The Bertz CT molecular complexity index is 1030. The van der Waals surface area contributed by atoms with E-state index >= 15 is 0 Å². The summed E-state index contributed by atoms with van der Waals surface area (Å²) in [5.41, 5.74) is 2.81. The third kappa shape index (κ3) is 4.40. The molecule has 2 aromatic carbocycles. The monoisotopic (exact) mass is 389 g/mol. The Kier molecular flexibility index (Phi) is 6.50. The molecular formula is C24H27N3O2. The molecule has 0 radical (unpaired) electrons. The number of nitrogens with zero attached hydrogens (tertiary/aromatic N) is 2. The van der Waals surface area contributed by atoms with Gasteiger partial charge in [-0.3, -0.25) is 9.59 Å². The molecular weight excluding hydrogens is 362 g/mol. The van der Waals surface area contributed by atoms with Crippen molar-refractivity contribution in [3.8, 4) is 0 Å². The molecule has 5 nitrogen and oxygen atoms in total. The highest BCUT2D eigenvalue weighted by Gasteiger charge is 2.19. The van der Waals surface area contributed by atoms with Gasteiger partial charge in [0.25, 0.3) is 11.8 Å². The molecule has 29 heavy (non-hydrogen) atoms. The summed E-state index contributed by atoms with van der Waals surface area (Å²) in [6.45, 7) is 7.92. The molecule has 0 saturated carbocycles. The van der Waals surface area contributed by atoms with E-state index in [2.05, 4.69) is 22.9 Å². The summed E-state index contributed by atoms with van der Waals surface area (Å²) in [5.74, 6) is -0.482. The molecule has 0 fully saturated rings. The average Bonchev–Trinajstić information content (AvgIpc) is 3.12. The molecule has 3 aromatic rings. The van der Waals surface area contributed by atoms with Crippen LogP contribution in [0.2, 0.25) is 0 Å². The van der Waals surface area contributed by atoms with Gasteiger partial charge in [0, 0.05) is 47.9 Å². The highest BCUT2D eigenvalue weighted by molar-refractivity contribution is 6.06. The number of amides is 2. The van der Waals surface area contributed by atoms with Crippen molar-refractivity contribution in [1.29, 1.82) is 0 Å².